The van der Waals surface area contributed by atoms with Gasteiger partial charge in [-0.3, -0.25) is 4.79 Å². The van der Waals surface area contributed by atoms with Crippen LogP contribution in [0.4, 0.5) is 4.39 Å². The number of alkyl halides is 1. The predicted molar refractivity (Wildman–Crippen MR) is 46.7 cm³/mol. The molecule has 0 fully saturated rings. The lowest BCUT2D eigenvalue weighted by Gasteiger charge is -2.02. The van der Waals surface area contributed by atoms with E-state index in [-0.39, 0.29) is 11.6 Å². The Morgan fingerprint density at radius 3 is 2.75 bits per heavy atom. The normalized spacial score (nSPS) is 10.2. The molecule has 0 aliphatic rings. The van der Waals surface area contributed by atoms with Crippen LogP contribution in [0.3, 0.4) is 0 Å². The summed E-state index contributed by atoms with van der Waals surface area (Å²) in [6.07, 6.45) is 1.36. The van der Waals surface area contributed by atoms with E-state index in [0.717, 1.165) is 4.57 Å². The highest BCUT2D eigenvalue weighted by Gasteiger charge is 2.02. The number of hydrogen-bond acceptors (Lipinski definition) is 1. The molecule has 1 aromatic heterocycles. The summed E-state index contributed by atoms with van der Waals surface area (Å²) in [5.41, 5.74) is -0.418. The standard InChI is InChI=1S/C7H6Cl2FNO/c8-5-3-6(9)7(12)11(4-5)2-1-10/h3-4H,1-2H2. The fraction of sp³-hybridized carbons (Fsp3) is 0.286. The summed E-state index contributed by atoms with van der Waals surface area (Å²) in [6, 6.07) is 1.33. The lowest BCUT2D eigenvalue weighted by Crippen LogP contribution is -2.20. The van der Waals surface area contributed by atoms with Gasteiger partial charge in [-0.1, -0.05) is 23.2 Å². The van der Waals surface area contributed by atoms with Crippen LogP contribution in [0.15, 0.2) is 17.1 Å². The molecule has 0 aromatic carbocycles. The minimum Gasteiger partial charge on any atom is -0.310 e. The fourth-order valence-electron chi connectivity index (χ4n) is 0.822. The Kier molecular flexibility index (Phi) is 3.12. The van der Waals surface area contributed by atoms with Gasteiger partial charge < -0.3 is 4.57 Å². The molecule has 1 rings (SSSR count). The molecule has 0 spiro atoms. The molecule has 5 heteroatoms. The topological polar surface area (TPSA) is 22.0 Å². The van der Waals surface area contributed by atoms with Crippen LogP contribution in [-0.4, -0.2) is 11.2 Å². The molecule has 0 unspecified atom stereocenters. The molecule has 66 valence electrons. The van der Waals surface area contributed by atoms with Gasteiger partial charge in [0.2, 0.25) is 0 Å². The van der Waals surface area contributed by atoms with Crippen LogP contribution < -0.4 is 5.56 Å². The van der Waals surface area contributed by atoms with E-state index in [0.29, 0.717) is 5.02 Å². The van der Waals surface area contributed by atoms with E-state index >= 15 is 0 Å². The van der Waals surface area contributed by atoms with Gasteiger partial charge in [-0.15, -0.1) is 0 Å². The van der Waals surface area contributed by atoms with E-state index in [2.05, 4.69) is 0 Å². The van der Waals surface area contributed by atoms with E-state index in [1.165, 1.54) is 12.3 Å². The van der Waals surface area contributed by atoms with Crippen LogP contribution in [0.2, 0.25) is 10.0 Å². The van der Waals surface area contributed by atoms with Crippen molar-refractivity contribution >= 4 is 23.2 Å². The van der Waals surface area contributed by atoms with Gasteiger partial charge in [-0.2, -0.15) is 0 Å². The quantitative estimate of drug-likeness (QED) is 0.732. The Labute approximate surface area is 78.5 Å². The molecule has 0 amide bonds. The summed E-state index contributed by atoms with van der Waals surface area (Å²) in [4.78, 5) is 11.1. The minimum absolute atomic E-state index is 0.0101. The number of hydrogen-bond donors (Lipinski definition) is 0. The summed E-state index contributed by atoms with van der Waals surface area (Å²) in [7, 11) is 0. The van der Waals surface area contributed by atoms with Crippen molar-refractivity contribution in [2.24, 2.45) is 0 Å². The zero-order valence-electron chi connectivity index (χ0n) is 6.06. The first-order valence-corrected chi connectivity index (χ1v) is 4.02. The second-order valence-electron chi connectivity index (χ2n) is 2.19. The van der Waals surface area contributed by atoms with Crippen molar-refractivity contribution in [2.45, 2.75) is 6.54 Å². The van der Waals surface area contributed by atoms with Gasteiger partial charge in [0.05, 0.1) is 11.6 Å². The van der Waals surface area contributed by atoms with Crippen LogP contribution in [0.5, 0.6) is 0 Å². The van der Waals surface area contributed by atoms with Crippen molar-refractivity contribution in [1.29, 1.82) is 0 Å². The van der Waals surface area contributed by atoms with E-state index in [1.54, 1.807) is 0 Å². The van der Waals surface area contributed by atoms with Crippen molar-refractivity contribution in [3.63, 3.8) is 0 Å². The zero-order valence-corrected chi connectivity index (χ0v) is 7.57. The van der Waals surface area contributed by atoms with Crippen LogP contribution in [-0.2, 0) is 6.54 Å². The molecule has 0 bridgehead atoms. The molecule has 1 aromatic rings. The molecular formula is C7H6Cl2FNO. The second-order valence-corrected chi connectivity index (χ2v) is 3.04. The number of pyridine rings is 1. The molecule has 0 atom stereocenters. The molecule has 0 aliphatic heterocycles. The largest absolute Gasteiger partial charge is 0.310 e. The average Bonchev–Trinajstić information content (AvgIpc) is 2.00. The van der Waals surface area contributed by atoms with Crippen LogP contribution in [0.1, 0.15) is 0 Å². The summed E-state index contributed by atoms with van der Waals surface area (Å²) < 4.78 is 13.0. The van der Waals surface area contributed by atoms with Gasteiger partial charge in [-0.25, -0.2) is 4.39 Å². The Balaban J connectivity index is 3.19. The van der Waals surface area contributed by atoms with E-state index in [4.69, 9.17) is 23.2 Å². The molecule has 0 saturated carbocycles. The van der Waals surface area contributed by atoms with Crippen LogP contribution in [0.25, 0.3) is 0 Å². The fourth-order valence-corrected chi connectivity index (χ4v) is 1.33. The van der Waals surface area contributed by atoms with Crippen molar-refractivity contribution < 1.29 is 4.39 Å². The zero-order chi connectivity index (χ0) is 9.14. The minimum atomic E-state index is -0.615. The first-order chi connectivity index (χ1) is 5.65. The number of aryl methyl sites for hydroxylation is 1. The second kappa shape index (κ2) is 3.92. The van der Waals surface area contributed by atoms with Gasteiger partial charge in [-0.05, 0) is 6.07 Å². The third kappa shape index (κ3) is 1.99. The van der Waals surface area contributed by atoms with Gasteiger partial charge in [0.1, 0.15) is 11.7 Å². The highest BCUT2D eigenvalue weighted by molar-refractivity contribution is 6.34. The Bertz CT molecular complexity index is 337. The number of halogens is 3. The maximum Gasteiger partial charge on any atom is 0.269 e. The van der Waals surface area contributed by atoms with Crippen LogP contribution >= 0.6 is 23.2 Å². The third-order valence-electron chi connectivity index (χ3n) is 1.33. The predicted octanol–water partition coefficient (Wildman–Crippen LogP) is 2.12. The first kappa shape index (κ1) is 9.55. The molecule has 0 aliphatic carbocycles. The van der Waals surface area contributed by atoms with Gasteiger partial charge >= 0.3 is 0 Å². The summed E-state index contributed by atoms with van der Waals surface area (Å²) in [6.45, 7) is -0.629. The van der Waals surface area contributed by atoms with Crippen molar-refractivity contribution in [2.75, 3.05) is 6.67 Å². The highest BCUT2D eigenvalue weighted by atomic mass is 35.5. The maximum atomic E-state index is 11.9. The Hall–Kier alpha value is -0.540. The lowest BCUT2D eigenvalue weighted by molar-refractivity contribution is 0.440. The average molecular weight is 210 g/mol. The van der Waals surface area contributed by atoms with Gasteiger partial charge in [0, 0.05) is 6.20 Å². The SMILES string of the molecule is O=c1c(Cl)cc(Cl)cn1CCF. The molecule has 2 nitrogen and oxygen atoms in total. The first-order valence-electron chi connectivity index (χ1n) is 3.26. The Morgan fingerprint density at radius 1 is 1.50 bits per heavy atom. The molecular weight excluding hydrogens is 204 g/mol. The lowest BCUT2D eigenvalue weighted by atomic mass is 10.4. The van der Waals surface area contributed by atoms with Crippen LogP contribution in [0, 0.1) is 0 Å². The van der Waals surface area contributed by atoms with E-state index < -0.39 is 12.2 Å². The highest BCUT2D eigenvalue weighted by Crippen LogP contribution is 2.10. The molecule has 12 heavy (non-hydrogen) atoms. The smallest absolute Gasteiger partial charge is 0.269 e. The van der Waals surface area contributed by atoms with Crippen molar-refractivity contribution in [3.05, 3.63) is 32.7 Å². The number of aromatic nitrogens is 1. The van der Waals surface area contributed by atoms with Gasteiger partial charge in [0.15, 0.2) is 0 Å². The summed E-state index contributed by atoms with van der Waals surface area (Å²) in [5.74, 6) is 0. The number of rotatable bonds is 2. The third-order valence-corrected chi connectivity index (χ3v) is 1.81. The maximum absolute atomic E-state index is 11.9. The van der Waals surface area contributed by atoms with Crippen molar-refractivity contribution in [3.8, 4) is 0 Å². The summed E-state index contributed by atoms with van der Waals surface area (Å²) >= 11 is 11.1. The monoisotopic (exact) mass is 209 g/mol. The van der Waals surface area contributed by atoms with Crippen molar-refractivity contribution in [1.82, 2.24) is 4.57 Å². The van der Waals surface area contributed by atoms with E-state index in [1.807, 2.05) is 0 Å². The molecule has 0 saturated heterocycles. The van der Waals surface area contributed by atoms with Gasteiger partial charge in [0.25, 0.3) is 5.56 Å². The Morgan fingerprint density at radius 2 is 2.17 bits per heavy atom. The number of nitrogens with zero attached hydrogens (tertiary/aromatic N) is 1. The molecule has 0 N–H and O–H groups in total. The molecule has 0 radical (unpaired) electrons. The van der Waals surface area contributed by atoms with E-state index in [9.17, 15) is 9.18 Å². The molecule has 1 heterocycles. The summed E-state index contributed by atoms with van der Waals surface area (Å²) in [5, 5.41) is 0.337.